The molecule has 1 unspecified atom stereocenters. The second kappa shape index (κ2) is 6.65. The molecule has 3 fully saturated rings. The summed E-state index contributed by atoms with van der Waals surface area (Å²) in [6.07, 6.45) is 14.3. The molecule has 0 aromatic rings. The fraction of sp³-hybridized carbons (Fsp3) is 0.739. The Bertz CT molecular complexity index is 665. The highest BCUT2D eigenvalue weighted by atomic mass is 32.2. The van der Waals surface area contributed by atoms with Gasteiger partial charge in [-0.05, 0) is 75.0 Å². The van der Waals surface area contributed by atoms with Crippen molar-refractivity contribution in [1.82, 2.24) is 0 Å². The summed E-state index contributed by atoms with van der Waals surface area (Å²) >= 11 is 1.94. The first-order valence-corrected chi connectivity index (χ1v) is 11.7. The van der Waals surface area contributed by atoms with E-state index in [0.29, 0.717) is 35.7 Å². The van der Waals surface area contributed by atoms with Crippen LogP contribution in [-0.2, 0) is 9.59 Å². The number of rotatable bonds is 4. The van der Waals surface area contributed by atoms with Gasteiger partial charge in [0.05, 0.1) is 0 Å². The van der Waals surface area contributed by atoms with Crippen LogP contribution >= 0.6 is 11.8 Å². The fourth-order valence-electron chi connectivity index (χ4n) is 7.23. The van der Waals surface area contributed by atoms with Gasteiger partial charge in [0.15, 0.2) is 5.78 Å². The highest BCUT2D eigenvalue weighted by Gasteiger charge is 2.61. The van der Waals surface area contributed by atoms with Crippen molar-refractivity contribution in [3.05, 3.63) is 24.3 Å². The normalized spacial score (nSPS) is 44.8. The quantitative estimate of drug-likeness (QED) is 0.634. The molecule has 0 aliphatic heterocycles. The SMILES string of the molecule is C=CCC1C[C@H]2[C@@H]3CCC4=CC(=O)CC[C@]4(CSC)[C@@H]3CC[C@]2(C)C1=O. The van der Waals surface area contributed by atoms with E-state index in [1.165, 1.54) is 12.0 Å². The number of allylic oxidation sites excluding steroid dienone is 2. The summed E-state index contributed by atoms with van der Waals surface area (Å²) in [4.78, 5) is 25.2. The molecule has 3 heteroatoms. The maximum atomic E-state index is 13.1. The van der Waals surface area contributed by atoms with Gasteiger partial charge in [0.2, 0.25) is 0 Å². The zero-order valence-electron chi connectivity index (χ0n) is 16.3. The number of fused-ring (bicyclic) bond motifs is 5. The van der Waals surface area contributed by atoms with Gasteiger partial charge in [-0.3, -0.25) is 9.59 Å². The lowest BCUT2D eigenvalue weighted by molar-refractivity contribution is -0.134. The van der Waals surface area contributed by atoms with Crippen molar-refractivity contribution in [2.24, 2.45) is 34.5 Å². The fourth-order valence-corrected chi connectivity index (χ4v) is 8.29. The zero-order chi connectivity index (χ0) is 18.5. The number of carbonyl (C=O) groups is 2. The lowest BCUT2D eigenvalue weighted by Gasteiger charge is -2.58. The first-order chi connectivity index (χ1) is 12.5. The summed E-state index contributed by atoms with van der Waals surface area (Å²) in [6, 6.07) is 0. The van der Waals surface area contributed by atoms with E-state index in [0.717, 1.165) is 44.3 Å². The van der Waals surface area contributed by atoms with Gasteiger partial charge in [-0.2, -0.15) is 11.8 Å². The third-order valence-electron chi connectivity index (χ3n) is 8.40. The topological polar surface area (TPSA) is 34.1 Å². The molecule has 142 valence electrons. The van der Waals surface area contributed by atoms with E-state index < -0.39 is 0 Å². The van der Waals surface area contributed by atoms with Crippen LogP contribution in [0.15, 0.2) is 24.3 Å². The molecular formula is C23H32O2S. The Morgan fingerprint density at radius 2 is 2.04 bits per heavy atom. The Kier molecular flexibility index (Phi) is 4.74. The molecule has 0 spiro atoms. The summed E-state index contributed by atoms with van der Waals surface area (Å²) in [5.74, 6) is 4.04. The molecular weight excluding hydrogens is 340 g/mol. The van der Waals surface area contributed by atoms with Crippen LogP contribution in [0.2, 0.25) is 0 Å². The number of hydrogen-bond donors (Lipinski definition) is 0. The molecule has 26 heavy (non-hydrogen) atoms. The van der Waals surface area contributed by atoms with E-state index in [4.69, 9.17) is 0 Å². The first-order valence-electron chi connectivity index (χ1n) is 10.3. The molecule has 0 radical (unpaired) electrons. The molecule has 3 saturated carbocycles. The average Bonchev–Trinajstić information content (AvgIpc) is 2.87. The Labute approximate surface area is 162 Å². The van der Waals surface area contributed by atoms with Crippen LogP contribution in [0.3, 0.4) is 0 Å². The molecule has 0 aromatic carbocycles. The summed E-state index contributed by atoms with van der Waals surface area (Å²) in [5.41, 5.74) is 1.55. The average molecular weight is 373 g/mol. The largest absolute Gasteiger partial charge is 0.299 e. The maximum Gasteiger partial charge on any atom is 0.155 e. The van der Waals surface area contributed by atoms with Crippen molar-refractivity contribution < 1.29 is 9.59 Å². The molecule has 0 bridgehead atoms. The third-order valence-corrected chi connectivity index (χ3v) is 9.20. The molecule has 0 amide bonds. The number of carbonyl (C=O) groups excluding carboxylic acids is 2. The van der Waals surface area contributed by atoms with Gasteiger partial charge in [-0.1, -0.05) is 18.6 Å². The van der Waals surface area contributed by atoms with E-state index in [1.54, 1.807) is 0 Å². The van der Waals surface area contributed by atoms with Crippen molar-refractivity contribution in [3.8, 4) is 0 Å². The second-order valence-electron chi connectivity index (χ2n) is 9.42. The van der Waals surface area contributed by atoms with Crippen LogP contribution in [0.25, 0.3) is 0 Å². The van der Waals surface area contributed by atoms with E-state index >= 15 is 0 Å². The van der Waals surface area contributed by atoms with Crippen LogP contribution in [0, 0.1) is 34.5 Å². The van der Waals surface area contributed by atoms with Crippen molar-refractivity contribution in [1.29, 1.82) is 0 Å². The van der Waals surface area contributed by atoms with Crippen LogP contribution in [0.4, 0.5) is 0 Å². The third kappa shape index (κ3) is 2.52. The van der Waals surface area contributed by atoms with Crippen LogP contribution in [0.1, 0.15) is 58.3 Å². The molecule has 4 aliphatic carbocycles. The van der Waals surface area contributed by atoms with E-state index in [2.05, 4.69) is 19.8 Å². The monoisotopic (exact) mass is 372 g/mol. The number of hydrogen-bond acceptors (Lipinski definition) is 3. The minimum absolute atomic E-state index is 0.110. The molecule has 4 rings (SSSR count). The van der Waals surface area contributed by atoms with Crippen molar-refractivity contribution in [3.63, 3.8) is 0 Å². The number of thioether (sulfide) groups is 1. The molecule has 0 saturated heterocycles. The van der Waals surface area contributed by atoms with Gasteiger partial charge in [-0.25, -0.2) is 0 Å². The van der Waals surface area contributed by atoms with Crippen molar-refractivity contribution in [2.45, 2.75) is 58.3 Å². The number of ketones is 2. The van der Waals surface area contributed by atoms with Crippen LogP contribution < -0.4 is 0 Å². The molecule has 0 N–H and O–H groups in total. The zero-order valence-corrected chi connectivity index (χ0v) is 17.1. The van der Waals surface area contributed by atoms with Gasteiger partial charge in [0, 0.05) is 28.9 Å². The highest BCUT2D eigenvalue weighted by molar-refractivity contribution is 7.98. The summed E-state index contributed by atoms with van der Waals surface area (Å²) in [7, 11) is 0. The Morgan fingerprint density at radius 3 is 2.77 bits per heavy atom. The van der Waals surface area contributed by atoms with Gasteiger partial charge >= 0.3 is 0 Å². The number of Topliss-reactive ketones (excluding diaryl/α,β-unsaturated/α-hetero) is 1. The molecule has 6 atom stereocenters. The van der Waals surface area contributed by atoms with E-state index in [-0.39, 0.29) is 16.7 Å². The lowest BCUT2D eigenvalue weighted by Crippen LogP contribution is -2.52. The molecule has 0 aromatic heterocycles. The standard InChI is InChI=1S/C23H32O2S/c1-4-5-15-12-20-18-7-6-16-13-17(24)8-11-23(16,14-26-3)19(18)9-10-22(20,2)21(15)25/h4,13,15,18-20H,1,5-12,14H2,2-3H3/t15?,18-,19-,20+,22+,23-/m1/s1. The summed E-state index contributed by atoms with van der Waals surface area (Å²) in [5, 5.41) is 0. The van der Waals surface area contributed by atoms with E-state index in [1.807, 2.05) is 23.9 Å². The maximum absolute atomic E-state index is 13.1. The van der Waals surface area contributed by atoms with Crippen molar-refractivity contribution in [2.75, 3.05) is 12.0 Å². The van der Waals surface area contributed by atoms with E-state index in [9.17, 15) is 9.59 Å². The smallest absolute Gasteiger partial charge is 0.155 e. The Balaban J connectivity index is 1.69. The Morgan fingerprint density at radius 1 is 1.23 bits per heavy atom. The van der Waals surface area contributed by atoms with Crippen molar-refractivity contribution >= 4 is 23.3 Å². The van der Waals surface area contributed by atoms with Gasteiger partial charge in [0.25, 0.3) is 0 Å². The predicted molar refractivity (Wildman–Crippen MR) is 108 cm³/mol. The van der Waals surface area contributed by atoms with Gasteiger partial charge < -0.3 is 0 Å². The second-order valence-corrected chi connectivity index (χ2v) is 10.3. The molecule has 2 nitrogen and oxygen atoms in total. The minimum Gasteiger partial charge on any atom is -0.299 e. The lowest BCUT2D eigenvalue weighted by atomic mass is 9.47. The van der Waals surface area contributed by atoms with Crippen LogP contribution in [0.5, 0.6) is 0 Å². The molecule has 4 aliphatic rings. The van der Waals surface area contributed by atoms with Gasteiger partial charge in [-0.15, -0.1) is 6.58 Å². The predicted octanol–water partition coefficient (Wildman–Crippen LogP) is 5.23. The minimum atomic E-state index is -0.110. The molecule has 0 heterocycles. The van der Waals surface area contributed by atoms with Crippen LogP contribution in [-0.4, -0.2) is 23.6 Å². The summed E-state index contributed by atoms with van der Waals surface area (Å²) in [6.45, 7) is 6.14. The summed E-state index contributed by atoms with van der Waals surface area (Å²) < 4.78 is 0. The first kappa shape index (κ1) is 18.5. The van der Waals surface area contributed by atoms with Gasteiger partial charge in [0.1, 0.15) is 5.78 Å². The Hall–Kier alpha value is -0.830. The highest BCUT2D eigenvalue weighted by Crippen LogP contribution is 2.65.